The summed E-state index contributed by atoms with van der Waals surface area (Å²) in [5.41, 5.74) is 1.39. The van der Waals surface area contributed by atoms with Crippen molar-refractivity contribution < 1.29 is 37.4 Å². The summed E-state index contributed by atoms with van der Waals surface area (Å²) in [4.78, 5) is 58.7. The van der Waals surface area contributed by atoms with Gasteiger partial charge >= 0.3 is 16.3 Å². The van der Waals surface area contributed by atoms with E-state index in [9.17, 15) is 32.7 Å². The fourth-order valence-electron chi connectivity index (χ4n) is 7.12. The van der Waals surface area contributed by atoms with E-state index >= 15 is 0 Å². The largest absolute Gasteiger partial charge is 0.444 e. The van der Waals surface area contributed by atoms with E-state index in [0.717, 1.165) is 34.6 Å². The molecule has 306 valence electrons. The molecule has 2 fully saturated rings. The van der Waals surface area contributed by atoms with Crippen LogP contribution in [0.25, 0.3) is 11.0 Å². The van der Waals surface area contributed by atoms with Gasteiger partial charge in [0.25, 0.3) is 0 Å². The number of carbonyl (C=O) groups excluding carboxylic acids is 4. The number of amides is 3. The van der Waals surface area contributed by atoms with Gasteiger partial charge in [-0.25, -0.2) is 14.5 Å². The number of imidazole rings is 1. The fraction of sp³-hybridized carbons (Fsp3) is 0.667. The maximum atomic E-state index is 13.6. The number of Topliss-reactive ketones (excluding diaryl/α,β-unsaturated/α-hetero) is 1. The smallest absolute Gasteiger partial charge is 0.408 e. The number of aliphatic hydroxyl groups excluding tert-OH is 1. The highest BCUT2D eigenvalue weighted by atomic mass is 35.5. The summed E-state index contributed by atoms with van der Waals surface area (Å²) in [5.74, 6) is -1.48. The number of aliphatic hydroxyl groups is 1. The molecule has 0 spiro atoms. The third-order valence-electron chi connectivity index (χ3n) is 10.3. The number of nitrogens with zero attached hydrogens (tertiary/aromatic N) is 4. The molecule has 0 radical (unpaired) electrons. The van der Waals surface area contributed by atoms with Gasteiger partial charge in [0.1, 0.15) is 11.6 Å². The predicted molar refractivity (Wildman–Crippen MR) is 212 cm³/mol. The van der Waals surface area contributed by atoms with Gasteiger partial charge in [0.15, 0.2) is 5.78 Å². The number of hydrogen-bond acceptors (Lipinski definition) is 9. The molecule has 14 nitrogen and oxygen atoms in total. The quantitative estimate of drug-likeness (QED) is 0.311. The second kappa shape index (κ2) is 17.7. The van der Waals surface area contributed by atoms with Gasteiger partial charge < -0.3 is 24.6 Å². The van der Waals surface area contributed by atoms with Crippen LogP contribution in [0.2, 0.25) is 5.28 Å². The normalized spacial score (nSPS) is 25.7. The van der Waals surface area contributed by atoms with Crippen molar-refractivity contribution in [2.24, 2.45) is 11.3 Å². The lowest BCUT2D eigenvalue weighted by molar-refractivity contribution is -0.140. The predicted octanol–water partition coefficient (Wildman–Crippen LogP) is 5.64. The molecule has 0 unspecified atom stereocenters. The van der Waals surface area contributed by atoms with Gasteiger partial charge in [0, 0.05) is 39.5 Å². The van der Waals surface area contributed by atoms with Gasteiger partial charge in [-0.2, -0.15) is 12.7 Å². The standard InChI is InChI=1S/C26H42N4O8S.C13H17ClN2/c1-25(2,3)38-24(35)27-19-12-10-8-6-7-9-11-17-14-26(17,23(34)28-39(36,37)29(4)5)15-21(32)20-13-18(31)16-30(20)22(19)33;1-8(2)10-5-6-12-11(7-10)15-13(14)16(12)9(3)4/h9,11,17-20,31H,6-8,10,12-16H2,1-5H3,(H,27,35)(H,28,34);5-9H,1-4H3/b11-9-;/t17-,18-,19+,20+,26-;/m1./s1. The number of aromatic nitrogens is 2. The summed E-state index contributed by atoms with van der Waals surface area (Å²) >= 11 is 6.15. The minimum absolute atomic E-state index is 0.00205. The monoisotopic (exact) mass is 806 g/mol. The van der Waals surface area contributed by atoms with Crippen LogP contribution in [0.15, 0.2) is 30.4 Å². The van der Waals surface area contributed by atoms with Crippen molar-refractivity contribution in [1.29, 1.82) is 0 Å². The van der Waals surface area contributed by atoms with E-state index in [1.54, 1.807) is 20.8 Å². The fourth-order valence-corrected chi connectivity index (χ4v) is 8.12. The molecule has 3 heterocycles. The number of allylic oxidation sites excluding steroid dienone is 2. The number of alkyl carbamates (subject to hydrolysis) is 1. The van der Waals surface area contributed by atoms with Crippen molar-refractivity contribution in [3.63, 3.8) is 0 Å². The molecule has 2 aromatic rings. The highest BCUT2D eigenvalue weighted by Gasteiger charge is 2.61. The van der Waals surface area contributed by atoms with E-state index in [4.69, 9.17) is 16.3 Å². The molecule has 3 amide bonds. The number of ether oxygens (including phenoxy) is 1. The van der Waals surface area contributed by atoms with E-state index in [1.807, 2.05) is 12.2 Å². The second-order valence-electron chi connectivity index (χ2n) is 16.7. The Bertz CT molecular complexity index is 1870. The van der Waals surface area contributed by atoms with Gasteiger partial charge in [-0.1, -0.05) is 44.9 Å². The van der Waals surface area contributed by atoms with E-state index in [2.05, 4.69) is 65.5 Å². The van der Waals surface area contributed by atoms with Crippen molar-refractivity contribution in [2.75, 3.05) is 20.6 Å². The molecule has 5 rings (SSSR count). The molecule has 2 aliphatic heterocycles. The van der Waals surface area contributed by atoms with Crippen LogP contribution in [-0.4, -0.2) is 100 Å². The number of nitrogens with one attached hydrogen (secondary N) is 2. The first-order chi connectivity index (χ1) is 25.6. The van der Waals surface area contributed by atoms with Gasteiger partial charge in [-0.15, -0.1) is 0 Å². The molecule has 1 aromatic heterocycles. The van der Waals surface area contributed by atoms with E-state index in [0.29, 0.717) is 36.5 Å². The maximum absolute atomic E-state index is 13.6. The van der Waals surface area contributed by atoms with Gasteiger partial charge in [-0.05, 0) is 101 Å². The summed E-state index contributed by atoms with van der Waals surface area (Å²) in [6, 6.07) is 4.79. The molecule has 0 bridgehead atoms. The van der Waals surface area contributed by atoms with Crippen molar-refractivity contribution in [2.45, 2.75) is 136 Å². The Kier molecular flexibility index (Phi) is 14.2. The van der Waals surface area contributed by atoms with Crippen LogP contribution in [0.3, 0.4) is 0 Å². The Labute approximate surface area is 330 Å². The van der Waals surface area contributed by atoms with Gasteiger partial charge in [-0.3, -0.25) is 14.4 Å². The molecule has 1 aromatic carbocycles. The second-order valence-corrected chi connectivity index (χ2v) is 19.0. The minimum atomic E-state index is -4.07. The Morgan fingerprint density at radius 2 is 1.80 bits per heavy atom. The Balaban J connectivity index is 0.000000348. The molecule has 1 saturated carbocycles. The van der Waals surface area contributed by atoms with Crippen molar-refractivity contribution >= 4 is 56.5 Å². The zero-order valence-electron chi connectivity index (χ0n) is 33.6. The zero-order valence-corrected chi connectivity index (χ0v) is 35.2. The van der Waals surface area contributed by atoms with Crippen LogP contribution >= 0.6 is 11.6 Å². The molecular weight excluding hydrogens is 748 g/mol. The summed E-state index contributed by atoms with van der Waals surface area (Å²) in [5, 5.41) is 13.6. The summed E-state index contributed by atoms with van der Waals surface area (Å²) in [6.07, 6.45) is 5.44. The molecule has 1 saturated heterocycles. The lowest BCUT2D eigenvalue weighted by Crippen LogP contribution is -2.53. The molecule has 1 aliphatic carbocycles. The van der Waals surface area contributed by atoms with Crippen LogP contribution in [0.4, 0.5) is 4.79 Å². The van der Waals surface area contributed by atoms with Gasteiger partial charge in [0.2, 0.25) is 17.1 Å². The zero-order chi connectivity index (χ0) is 41.0. The average Bonchev–Trinajstić information content (AvgIpc) is 3.43. The molecular formula is C39H59ClN6O8S. The molecule has 55 heavy (non-hydrogen) atoms. The summed E-state index contributed by atoms with van der Waals surface area (Å²) < 4.78 is 35.1. The number of halogens is 1. The number of fused-ring (bicyclic) bond motifs is 3. The van der Waals surface area contributed by atoms with Gasteiger partial charge in [0.05, 0.1) is 28.6 Å². The number of rotatable bonds is 6. The number of ketones is 1. The van der Waals surface area contributed by atoms with Crippen LogP contribution in [0, 0.1) is 11.3 Å². The highest BCUT2D eigenvalue weighted by Crippen LogP contribution is 2.57. The average molecular weight is 807 g/mol. The van der Waals surface area contributed by atoms with Crippen molar-refractivity contribution in [3.05, 3.63) is 41.2 Å². The summed E-state index contributed by atoms with van der Waals surface area (Å²) in [6.45, 7) is 13.6. The number of hydrogen-bond donors (Lipinski definition) is 3. The van der Waals surface area contributed by atoms with Crippen LogP contribution in [0.5, 0.6) is 0 Å². The van der Waals surface area contributed by atoms with E-state index < -0.39 is 63.1 Å². The summed E-state index contributed by atoms with van der Waals surface area (Å²) in [7, 11) is -1.47. The lowest BCUT2D eigenvalue weighted by atomic mass is 9.91. The first-order valence-corrected chi connectivity index (χ1v) is 21.0. The SMILES string of the molecule is CC(C)c1ccc2c(c1)nc(Cl)n2C(C)C.CN(C)S(=O)(=O)NC(=O)[C@]12CC(=O)[C@@H]3C[C@@H](O)CN3C(=O)[C@@H](NC(=O)OC(C)(C)C)CCCCC/C=C\[C@@H]1C2. The minimum Gasteiger partial charge on any atom is -0.444 e. The van der Waals surface area contributed by atoms with Crippen LogP contribution < -0.4 is 10.0 Å². The van der Waals surface area contributed by atoms with Crippen molar-refractivity contribution in [1.82, 2.24) is 28.8 Å². The Morgan fingerprint density at radius 3 is 2.42 bits per heavy atom. The number of carbonyl (C=O) groups is 4. The highest BCUT2D eigenvalue weighted by molar-refractivity contribution is 7.87. The molecule has 3 aliphatic rings. The first kappa shape index (κ1) is 44.2. The first-order valence-electron chi connectivity index (χ1n) is 19.2. The number of benzene rings is 1. The third-order valence-corrected chi connectivity index (χ3v) is 12.0. The Hall–Kier alpha value is -3.53. The van der Waals surface area contributed by atoms with E-state index in [1.165, 1.54) is 24.6 Å². The molecule has 5 atom stereocenters. The third kappa shape index (κ3) is 11.1. The topological polar surface area (TPSA) is 180 Å². The maximum Gasteiger partial charge on any atom is 0.408 e. The Morgan fingerprint density at radius 1 is 1.11 bits per heavy atom. The molecule has 16 heteroatoms. The lowest BCUT2D eigenvalue weighted by Gasteiger charge is -2.30. The van der Waals surface area contributed by atoms with Crippen LogP contribution in [-0.2, 0) is 29.3 Å². The van der Waals surface area contributed by atoms with E-state index in [-0.39, 0.29) is 25.3 Å². The van der Waals surface area contributed by atoms with Crippen LogP contribution in [0.1, 0.15) is 117 Å². The molecule has 3 N–H and O–H groups in total. The van der Waals surface area contributed by atoms with Crippen molar-refractivity contribution in [3.8, 4) is 0 Å².